The molecule has 1 unspecified atom stereocenters. The van der Waals surface area contributed by atoms with Crippen LogP contribution in [0.15, 0.2) is 24.3 Å². The summed E-state index contributed by atoms with van der Waals surface area (Å²) in [6.45, 7) is 7.65. The monoisotopic (exact) mass is 689 g/mol. The minimum absolute atomic E-state index is 0.0370. The Morgan fingerprint density at radius 1 is 0.787 bits per heavy atom. The minimum atomic E-state index is -0.841. The van der Waals surface area contributed by atoms with Gasteiger partial charge in [0.15, 0.2) is 17.2 Å². The second kappa shape index (κ2) is 20.5. The van der Waals surface area contributed by atoms with E-state index in [0.29, 0.717) is 33.7 Å². The van der Waals surface area contributed by atoms with Gasteiger partial charge in [-0.05, 0) is 30.5 Å². The van der Waals surface area contributed by atoms with E-state index in [1.54, 1.807) is 18.2 Å². The van der Waals surface area contributed by atoms with E-state index in [1.807, 2.05) is 13.8 Å². The maximum absolute atomic E-state index is 13.2. The molecule has 47 heavy (non-hydrogen) atoms. The van der Waals surface area contributed by atoms with Gasteiger partial charge in [0.2, 0.25) is 5.91 Å². The highest BCUT2D eigenvalue weighted by Gasteiger charge is 2.28. The fourth-order valence-corrected chi connectivity index (χ4v) is 5.95. The molecule has 0 spiro atoms. The first kappa shape index (κ1) is 38.5. The lowest BCUT2D eigenvalue weighted by Crippen LogP contribution is -2.45. The topological polar surface area (TPSA) is 108 Å². The molecule has 0 radical (unpaired) electrons. The van der Waals surface area contributed by atoms with E-state index in [1.165, 1.54) is 101 Å². The second-order valence-corrected chi connectivity index (χ2v) is 13.7. The Kier molecular flexibility index (Phi) is 16.8. The van der Waals surface area contributed by atoms with Crippen LogP contribution in [0.1, 0.15) is 146 Å². The Labute approximate surface area is 290 Å². The van der Waals surface area contributed by atoms with E-state index in [2.05, 4.69) is 22.4 Å². The number of carbonyl (C=O) groups excluding carboxylic acids is 3. The SMILES string of the molecule is CCCCCCCCCCCCCCCCCCOC(=O)C(NC(=O)c1cc2n(C(C)=O)nc(-c3ccc(Cl)c(Cl)c3)n2n1)C(C)C. The molecule has 9 nitrogen and oxygen atoms in total. The molecule has 2 heterocycles. The molecular formula is C36H53Cl2N5O4. The van der Waals surface area contributed by atoms with Gasteiger partial charge in [-0.2, -0.15) is 14.3 Å². The summed E-state index contributed by atoms with van der Waals surface area (Å²) < 4.78 is 8.11. The number of halogens is 2. The molecule has 1 atom stereocenters. The number of rotatable bonds is 22. The Morgan fingerprint density at radius 2 is 1.34 bits per heavy atom. The highest BCUT2D eigenvalue weighted by molar-refractivity contribution is 6.42. The first-order valence-corrected chi connectivity index (χ1v) is 18.3. The van der Waals surface area contributed by atoms with Gasteiger partial charge in [0, 0.05) is 18.6 Å². The summed E-state index contributed by atoms with van der Waals surface area (Å²) in [6, 6.07) is 5.55. The second-order valence-electron chi connectivity index (χ2n) is 12.8. The molecule has 1 N–H and O–H groups in total. The first-order chi connectivity index (χ1) is 22.6. The number of carbonyl (C=O) groups is 3. The van der Waals surface area contributed by atoms with Gasteiger partial charge < -0.3 is 10.1 Å². The van der Waals surface area contributed by atoms with Gasteiger partial charge in [-0.3, -0.25) is 9.59 Å². The van der Waals surface area contributed by atoms with Crippen molar-refractivity contribution in [3.63, 3.8) is 0 Å². The van der Waals surface area contributed by atoms with Crippen molar-refractivity contribution >= 4 is 46.6 Å². The van der Waals surface area contributed by atoms with E-state index in [4.69, 9.17) is 27.9 Å². The summed E-state index contributed by atoms with van der Waals surface area (Å²) in [7, 11) is 0. The zero-order chi connectivity index (χ0) is 34.2. The predicted octanol–water partition coefficient (Wildman–Crippen LogP) is 9.72. The number of amides is 1. The van der Waals surface area contributed by atoms with Crippen LogP contribution in [0.5, 0.6) is 0 Å². The summed E-state index contributed by atoms with van der Waals surface area (Å²) >= 11 is 12.3. The van der Waals surface area contributed by atoms with Crippen LogP contribution in [0.4, 0.5) is 0 Å². The normalized spacial score (nSPS) is 12.1. The molecule has 1 amide bonds. The van der Waals surface area contributed by atoms with Crippen LogP contribution in [0.3, 0.4) is 0 Å². The van der Waals surface area contributed by atoms with Crippen molar-refractivity contribution < 1.29 is 19.1 Å². The number of nitrogens with one attached hydrogen (secondary N) is 1. The van der Waals surface area contributed by atoms with E-state index >= 15 is 0 Å². The zero-order valence-corrected chi connectivity index (χ0v) is 30.2. The van der Waals surface area contributed by atoms with Crippen LogP contribution in [0, 0.1) is 5.92 Å². The molecule has 0 aliphatic rings. The molecule has 11 heteroatoms. The van der Waals surface area contributed by atoms with E-state index in [0.717, 1.165) is 23.9 Å². The quantitative estimate of drug-likeness (QED) is 0.0831. The number of benzene rings is 1. The predicted molar refractivity (Wildman–Crippen MR) is 189 cm³/mol. The number of aromatic nitrogens is 4. The van der Waals surface area contributed by atoms with E-state index in [-0.39, 0.29) is 17.5 Å². The number of unbranched alkanes of at least 4 members (excludes halogenated alkanes) is 15. The lowest BCUT2D eigenvalue weighted by Gasteiger charge is -2.20. The van der Waals surface area contributed by atoms with Crippen molar-refractivity contribution in [3.8, 4) is 11.4 Å². The average Bonchev–Trinajstić information content (AvgIpc) is 3.62. The van der Waals surface area contributed by atoms with Gasteiger partial charge in [0.1, 0.15) is 6.04 Å². The van der Waals surface area contributed by atoms with Crippen molar-refractivity contribution in [2.24, 2.45) is 5.92 Å². The van der Waals surface area contributed by atoms with Crippen LogP contribution < -0.4 is 5.32 Å². The van der Waals surface area contributed by atoms with Crippen LogP contribution in [-0.2, 0) is 9.53 Å². The molecule has 260 valence electrons. The van der Waals surface area contributed by atoms with Crippen molar-refractivity contribution in [1.82, 2.24) is 24.7 Å². The van der Waals surface area contributed by atoms with Gasteiger partial charge in [0.25, 0.3) is 5.91 Å². The van der Waals surface area contributed by atoms with Gasteiger partial charge in [0.05, 0.1) is 16.7 Å². The standard InChI is InChI=1S/C36H53Cl2N5O4/c1-5-6-7-8-9-10-11-12-13-14-15-16-17-18-19-20-23-47-36(46)33(26(2)3)39-35(45)31-25-32-42(27(4)44)41-34(43(32)40-31)28-21-22-29(37)30(38)24-28/h21-22,24-26,33H,5-20,23H2,1-4H3,(H,39,45). The largest absolute Gasteiger partial charge is 0.464 e. The molecule has 3 aromatic rings. The molecule has 0 fully saturated rings. The maximum Gasteiger partial charge on any atom is 0.328 e. The summed E-state index contributed by atoms with van der Waals surface area (Å²) in [4.78, 5) is 38.5. The minimum Gasteiger partial charge on any atom is -0.464 e. The van der Waals surface area contributed by atoms with Crippen molar-refractivity contribution in [2.45, 2.75) is 136 Å². The summed E-state index contributed by atoms with van der Waals surface area (Å²) in [6.07, 6.45) is 20.5. The average molecular weight is 691 g/mol. The van der Waals surface area contributed by atoms with Crippen molar-refractivity contribution in [3.05, 3.63) is 40.0 Å². The third-order valence-electron chi connectivity index (χ3n) is 8.46. The van der Waals surface area contributed by atoms with Crippen LogP contribution in [0.2, 0.25) is 10.0 Å². The molecule has 3 rings (SSSR count). The van der Waals surface area contributed by atoms with Crippen molar-refractivity contribution in [2.75, 3.05) is 6.61 Å². The third-order valence-corrected chi connectivity index (χ3v) is 9.20. The number of hydrogen-bond acceptors (Lipinski definition) is 6. The lowest BCUT2D eigenvalue weighted by molar-refractivity contribution is -0.147. The molecule has 2 aromatic heterocycles. The molecule has 0 bridgehead atoms. The van der Waals surface area contributed by atoms with Gasteiger partial charge in [-0.1, -0.05) is 140 Å². The molecule has 0 saturated heterocycles. The Balaban J connectivity index is 1.39. The number of ether oxygens (including phenoxy) is 1. The summed E-state index contributed by atoms with van der Waals surface area (Å²) in [5.74, 6) is -1.27. The zero-order valence-electron chi connectivity index (χ0n) is 28.7. The first-order valence-electron chi connectivity index (χ1n) is 17.6. The Hall–Kier alpha value is -2.91. The third kappa shape index (κ3) is 12.2. The Bertz CT molecular complexity index is 1430. The molecular weight excluding hydrogens is 637 g/mol. The molecule has 0 saturated carbocycles. The Morgan fingerprint density at radius 3 is 1.85 bits per heavy atom. The van der Waals surface area contributed by atoms with Crippen molar-refractivity contribution in [1.29, 1.82) is 0 Å². The van der Waals surface area contributed by atoms with Crippen LogP contribution >= 0.6 is 23.2 Å². The number of esters is 1. The fourth-order valence-electron chi connectivity index (χ4n) is 5.65. The van der Waals surface area contributed by atoms with Crippen LogP contribution in [0.25, 0.3) is 17.0 Å². The highest BCUT2D eigenvalue weighted by atomic mass is 35.5. The smallest absolute Gasteiger partial charge is 0.328 e. The highest BCUT2D eigenvalue weighted by Crippen LogP contribution is 2.28. The molecule has 1 aromatic carbocycles. The van der Waals surface area contributed by atoms with E-state index < -0.39 is 17.9 Å². The summed E-state index contributed by atoms with van der Waals surface area (Å²) in [5.41, 5.74) is 0.906. The van der Waals surface area contributed by atoms with Gasteiger partial charge in [-0.15, -0.1) is 5.10 Å². The van der Waals surface area contributed by atoms with Gasteiger partial charge in [-0.25, -0.2) is 4.79 Å². The fraction of sp³-hybridized carbons (Fsp3) is 0.639. The lowest BCUT2D eigenvalue weighted by atomic mass is 10.0. The van der Waals surface area contributed by atoms with E-state index in [9.17, 15) is 14.4 Å². The van der Waals surface area contributed by atoms with Crippen LogP contribution in [-0.4, -0.2) is 49.8 Å². The molecule has 0 aliphatic carbocycles. The number of hydrogen-bond donors (Lipinski definition) is 1. The van der Waals surface area contributed by atoms with Gasteiger partial charge >= 0.3 is 5.97 Å². The maximum atomic E-state index is 13.2. The number of fused-ring (bicyclic) bond motifs is 1. The summed E-state index contributed by atoms with van der Waals surface area (Å²) in [5, 5.41) is 12.2. The number of nitrogens with zero attached hydrogens (tertiary/aromatic N) is 4. The molecule has 0 aliphatic heterocycles.